The molecule has 0 aliphatic carbocycles. The van der Waals surface area contributed by atoms with E-state index < -0.39 is 17.3 Å². The molecule has 0 aromatic carbocycles. The number of nitrogens with one attached hydrogen (secondary N) is 1. The predicted octanol–water partition coefficient (Wildman–Crippen LogP) is 3.04. The van der Waals surface area contributed by atoms with Crippen LogP contribution >= 0.6 is 0 Å². The molecule has 0 spiro atoms. The molecular formula is C13H17F3N2. The quantitative estimate of drug-likeness (QED) is 0.773. The number of hydrogen-bond acceptors (Lipinski definition) is 2. The van der Waals surface area contributed by atoms with Gasteiger partial charge < -0.3 is 5.32 Å². The molecule has 0 atom stereocenters. The van der Waals surface area contributed by atoms with E-state index in [4.69, 9.17) is 0 Å². The first-order valence-corrected chi connectivity index (χ1v) is 6.01. The fourth-order valence-electron chi connectivity index (χ4n) is 2.18. The van der Waals surface area contributed by atoms with E-state index in [2.05, 4.69) is 10.3 Å². The van der Waals surface area contributed by atoms with E-state index in [0.29, 0.717) is 25.2 Å². The molecule has 5 heteroatoms. The minimum atomic E-state index is -4.39. The van der Waals surface area contributed by atoms with Crippen LogP contribution in [0.25, 0.3) is 0 Å². The largest absolute Gasteiger partial charge is 0.433 e. The molecule has 0 fully saturated rings. The van der Waals surface area contributed by atoms with E-state index in [1.54, 1.807) is 26.8 Å². The monoisotopic (exact) mass is 258 g/mol. The molecule has 2 nitrogen and oxygen atoms in total. The van der Waals surface area contributed by atoms with Crippen molar-refractivity contribution in [2.45, 2.75) is 45.3 Å². The summed E-state index contributed by atoms with van der Waals surface area (Å²) < 4.78 is 39.2. The molecule has 100 valence electrons. The van der Waals surface area contributed by atoms with Crippen molar-refractivity contribution in [2.75, 3.05) is 6.54 Å². The van der Waals surface area contributed by atoms with Gasteiger partial charge in [-0.15, -0.1) is 0 Å². The fourth-order valence-corrected chi connectivity index (χ4v) is 2.18. The van der Waals surface area contributed by atoms with Crippen LogP contribution < -0.4 is 5.32 Å². The van der Waals surface area contributed by atoms with Crippen LogP contribution in [0.5, 0.6) is 0 Å². The fraction of sp³-hybridized carbons (Fsp3) is 0.615. The topological polar surface area (TPSA) is 24.9 Å². The molecule has 18 heavy (non-hydrogen) atoms. The van der Waals surface area contributed by atoms with Crippen LogP contribution in [0.15, 0.2) is 6.07 Å². The summed E-state index contributed by atoms with van der Waals surface area (Å²) in [5, 5.41) is 3.16. The van der Waals surface area contributed by atoms with Gasteiger partial charge in [0.1, 0.15) is 5.69 Å². The second-order valence-corrected chi connectivity index (χ2v) is 5.66. The molecule has 1 aromatic heterocycles. The molecule has 1 aromatic rings. The van der Waals surface area contributed by atoms with Crippen molar-refractivity contribution in [1.29, 1.82) is 0 Å². The first kappa shape index (κ1) is 13.3. The number of pyridine rings is 1. The van der Waals surface area contributed by atoms with Gasteiger partial charge >= 0.3 is 6.18 Å². The minimum absolute atomic E-state index is 0.275. The number of halogens is 3. The molecule has 1 aliphatic rings. The zero-order chi connectivity index (χ0) is 13.6. The average molecular weight is 258 g/mol. The van der Waals surface area contributed by atoms with Gasteiger partial charge in [0.2, 0.25) is 0 Å². The molecule has 0 amide bonds. The maximum atomic E-state index is 13.1. The molecule has 0 bridgehead atoms. The van der Waals surface area contributed by atoms with E-state index in [0.717, 1.165) is 5.56 Å². The summed E-state index contributed by atoms with van der Waals surface area (Å²) in [6.45, 7) is 6.63. The van der Waals surface area contributed by atoms with Crippen LogP contribution in [-0.2, 0) is 24.6 Å². The molecule has 1 N–H and O–H groups in total. The second-order valence-electron chi connectivity index (χ2n) is 5.66. The lowest BCUT2D eigenvalue weighted by atomic mass is 9.84. The lowest BCUT2D eigenvalue weighted by molar-refractivity contribution is -0.142. The molecule has 2 heterocycles. The summed E-state index contributed by atoms with van der Waals surface area (Å²) in [4.78, 5) is 3.89. The van der Waals surface area contributed by atoms with Crippen molar-refractivity contribution in [3.8, 4) is 0 Å². The zero-order valence-corrected chi connectivity index (χ0v) is 10.8. The first-order chi connectivity index (χ1) is 8.19. The zero-order valence-electron chi connectivity index (χ0n) is 10.8. The SMILES string of the molecule is CC(C)(C)c1cc2c(nc1C(F)(F)F)CCNC2. The van der Waals surface area contributed by atoms with Crippen molar-refractivity contribution >= 4 is 0 Å². The first-order valence-electron chi connectivity index (χ1n) is 6.01. The standard InChI is InChI=1S/C13H17F3N2/c1-12(2,3)9-6-8-7-17-5-4-10(8)18-11(9)13(14,15)16/h6,17H,4-5,7H2,1-3H3. The Hall–Kier alpha value is -1.10. The molecule has 0 unspecified atom stereocenters. The van der Waals surface area contributed by atoms with Gasteiger partial charge in [-0.25, -0.2) is 4.98 Å². The normalized spacial score (nSPS) is 16.6. The van der Waals surface area contributed by atoms with Crippen molar-refractivity contribution in [3.63, 3.8) is 0 Å². The van der Waals surface area contributed by atoms with E-state index in [1.807, 2.05) is 0 Å². The van der Waals surface area contributed by atoms with Gasteiger partial charge in [-0.1, -0.05) is 26.8 Å². The Kier molecular flexibility index (Phi) is 3.13. The minimum Gasteiger partial charge on any atom is -0.312 e. The van der Waals surface area contributed by atoms with E-state index >= 15 is 0 Å². The van der Waals surface area contributed by atoms with E-state index in [9.17, 15) is 13.2 Å². The third-order valence-corrected chi connectivity index (χ3v) is 3.12. The number of hydrogen-bond donors (Lipinski definition) is 1. The summed E-state index contributed by atoms with van der Waals surface area (Å²) in [6.07, 6.45) is -3.83. The van der Waals surface area contributed by atoms with Gasteiger partial charge in [0, 0.05) is 25.2 Å². The summed E-state index contributed by atoms with van der Waals surface area (Å²) in [6, 6.07) is 1.66. The van der Waals surface area contributed by atoms with Crippen molar-refractivity contribution in [3.05, 3.63) is 28.6 Å². The van der Waals surface area contributed by atoms with Gasteiger partial charge in [-0.05, 0) is 16.5 Å². The Morgan fingerprint density at radius 1 is 1.22 bits per heavy atom. The Balaban J connectivity index is 2.63. The third kappa shape index (κ3) is 2.51. The van der Waals surface area contributed by atoms with E-state index in [-0.39, 0.29) is 5.56 Å². The third-order valence-electron chi connectivity index (χ3n) is 3.12. The highest BCUT2D eigenvalue weighted by Crippen LogP contribution is 2.37. The number of alkyl halides is 3. The van der Waals surface area contributed by atoms with Gasteiger partial charge in [0.05, 0.1) is 0 Å². The molecule has 1 aliphatic heterocycles. The van der Waals surface area contributed by atoms with Crippen LogP contribution in [0, 0.1) is 0 Å². The van der Waals surface area contributed by atoms with Crippen LogP contribution in [0.3, 0.4) is 0 Å². The number of rotatable bonds is 0. The highest BCUT2D eigenvalue weighted by Gasteiger charge is 2.39. The summed E-state index contributed by atoms with van der Waals surface area (Å²) in [7, 11) is 0. The average Bonchev–Trinajstić information content (AvgIpc) is 2.25. The predicted molar refractivity (Wildman–Crippen MR) is 63.3 cm³/mol. The highest BCUT2D eigenvalue weighted by atomic mass is 19.4. The Labute approximate surface area is 105 Å². The lowest BCUT2D eigenvalue weighted by Crippen LogP contribution is -2.29. The van der Waals surface area contributed by atoms with Gasteiger partial charge in [0.15, 0.2) is 0 Å². The van der Waals surface area contributed by atoms with Crippen molar-refractivity contribution < 1.29 is 13.2 Å². The molecular weight excluding hydrogens is 241 g/mol. The van der Waals surface area contributed by atoms with Crippen LogP contribution in [-0.4, -0.2) is 11.5 Å². The summed E-state index contributed by atoms with van der Waals surface area (Å²) in [5.74, 6) is 0. The lowest BCUT2D eigenvalue weighted by Gasteiger charge is -2.27. The second kappa shape index (κ2) is 4.23. The molecule has 0 saturated carbocycles. The number of fused-ring (bicyclic) bond motifs is 1. The van der Waals surface area contributed by atoms with Gasteiger partial charge in [0.25, 0.3) is 0 Å². The van der Waals surface area contributed by atoms with Crippen LogP contribution in [0.2, 0.25) is 0 Å². The summed E-state index contributed by atoms with van der Waals surface area (Å²) in [5.41, 5.74) is 0.450. The Morgan fingerprint density at radius 3 is 2.44 bits per heavy atom. The maximum Gasteiger partial charge on any atom is 0.433 e. The number of nitrogens with zero attached hydrogens (tertiary/aromatic N) is 1. The summed E-state index contributed by atoms with van der Waals surface area (Å²) >= 11 is 0. The molecule has 0 radical (unpaired) electrons. The van der Waals surface area contributed by atoms with Crippen molar-refractivity contribution in [2.24, 2.45) is 0 Å². The van der Waals surface area contributed by atoms with Crippen LogP contribution in [0.4, 0.5) is 13.2 Å². The van der Waals surface area contributed by atoms with E-state index in [1.165, 1.54) is 0 Å². The Bertz CT molecular complexity index is 416. The molecule has 2 rings (SSSR count). The Morgan fingerprint density at radius 2 is 1.89 bits per heavy atom. The number of aromatic nitrogens is 1. The molecule has 0 saturated heterocycles. The highest BCUT2D eigenvalue weighted by molar-refractivity contribution is 5.37. The maximum absolute atomic E-state index is 13.1. The van der Waals surface area contributed by atoms with Gasteiger partial charge in [-0.3, -0.25) is 0 Å². The van der Waals surface area contributed by atoms with Crippen LogP contribution in [0.1, 0.15) is 43.3 Å². The van der Waals surface area contributed by atoms with Gasteiger partial charge in [-0.2, -0.15) is 13.2 Å². The smallest absolute Gasteiger partial charge is 0.312 e. The van der Waals surface area contributed by atoms with Crippen molar-refractivity contribution in [1.82, 2.24) is 10.3 Å².